The van der Waals surface area contributed by atoms with Crippen molar-refractivity contribution in [2.24, 2.45) is 5.41 Å². The molecule has 72 valence electrons. The molecule has 0 aromatic rings. The van der Waals surface area contributed by atoms with Crippen LogP contribution in [0.5, 0.6) is 0 Å². The maximum Gasteiger partial charge on any atom is 0.322 e. The lowest BCUT2D eigenvalue weighted by atomic mass is 9.99. The average molecular weight is 175 g/mol. The molecule has 0 radical (unpaired) electrons. The van der Waals surface area contributed by atoms with Crippen LogP contribution in [-0.2, 0) is 9.63 Å². The number of nitrogens with one attached hydrogen (secondary N) is 1. The van der Waals surface area contributed by atoms with E-state index in [1.165, 1.54) is 6.92 Å². The minimum atomic E-state index is -0.913. The summed E-state index contributed by atoms with van der Waals surface area (Å²) in [6.07, 6.45) is 0. The molecule has 4 heteroatoms. The van der Waals surface area contributed by atoms with E-state index in [1.807, 2.05) is 20.8 Å². The van der Waals surface area contributed by atoms with E-state index in [-0.39, 0.29) is 5.41 Å². The molecule has 0 fully saturated rings. The molecule has 12 heavy (non-hydrogen) atoms. The van der Waals surface area contributed by atoms with Gasteiger partial charge < -0.3 is 9.94 Å². The van der Waals surface area contributed by atoms with E-state index >= 15 is 0 Å². The number of carbonyl (C=O) groups is 1. The molecule has 0 bridgehead atoms. The second-order valence-corrected chi connectivity index (χ2v) is 4.03. The van der Waals surface area contributed by atoms with Crippen molar-refractivity contribution in [1.82, 2.24) is 5.48 Å². The van der Waals surface area contributed by atoms with Crippen molar-refractivity contribution < 1.29 is 14.7 Å². The van der Waals surface area contributed by atoms with Gasteiger partial charge in [-0.25, -0.2) is 0 Å². The molecule has 0 saturated heterocycles. The van der Waals surface area contributed by atoms with Gasteiger partial charge in [-0.2, -0.15) is 5.48 Å². The lowest BCUT2D eigenvalue weighted by Gasteiger charge is -2.19. The monoisotopic (exact) mass is 175 g/mol. The molecule has 0 aromatic heterocycles. The van der Waals surface area contributed by atoms with Gasteiger partial charge in [-0.15, -0.1) is 0 Å². The predicted octanol–water partition coefficient (Wildman–Crippen LogP) is 1.03. The molecule has 0 aliphatic heterocycles. The van der Waals surface area contributed by atoms with Crippen LogP contribution in [0.4, 0.5) is 0 Å². The topological polar surface area (TPSA) is 58.6 Å². The fourth-order valence-corrected chi connectivity index (χ4v) is 0.434. The maximum absolute atomic E-state index is 10.3. The molecule has 0 amide bonds. The normalized spacial score (nSPS) is 14.3. The van der Waals surface area contributed by atoms with Crippen molar-refractivity contribution in [1.29, 1.82) is 0 Å². The van der Waals surface area contributed by atoms with Crippen molar-refractivity contribution in [3.05, 3.63) is 0 Å². The summed E-state index contributed by atoms with van der Waals surface area (Å²) in [6, 6.07) is -0.660. The Morgan fingerprint density at radius 2 is 2.08 bits per heavy atom. The Hall–Kier alpha value is -0.610. The Morgan fingerprint density at radius 3 is 2.42 bits per heavy atom. The van der Waals surface area contributed by atoms with Crippen LogP contribution in [0.1, 0.15) is 27.7 Å². The van der Waals surface area contributed by atoms with Crippen LogP contribution < -0.4 is 5.48 Å². The predicted molar refractivity (Wildman–Crippen MR) is 45.6 cm³/mol. The highest BCUT2D eigenvalue weighted by molar-refractivity contribution is 5.72. The summed E-state index contributed by atoms with van der Waals surface area (Å²) >= 11 is 0. The molecule has 0 spiro atoms. The van der Waals surface area contributed by atoms with Crippen LogP contribution in [0.2, 0.25) is 0 Å². The summed E-state index contributed by atoms with van der Waals surface area (Å²) < 4.78 is 0. The third-order valence-electron chi connectivity index (χ3n) is 1.14. The van der Waals surface area contributed by atoms with Crippen LogP contribution in [0.3, 0.4) is 0 Å². The first-order valence-corrected chi connectivity index (χ1v) is 3.93. The SMILES string of the molecule is C[C@H](NOCC(C)(C)C)C(=O)O. The third kappa shape index (κ3) is 6.12. The summed E-state index contributed by atoms with van der Waals surface area (Å²) in [5, 5.41) is 8.47. The highest BCUT2D eigenvalue weighted by atomic mass is 16.6. The van der Waals surface area contributed by atoms with Gasteiger partial charge in [0.25, 0.3) is 0 Å². The highest BCUT2D eigenvalue weighted by Gasteiger charge is 2.13. The summed E-state index contributed by atoms with van der Waals surface area (Å²) in [5.41, 5.74) is 2.49. The number of hydrogen-bond acceptors (Lipinski definition) is 3. The zero-order valence-corrected chi connectivity index (χ0v) is 8.05. The molecule has 1 atom stereocenters. The number of aliphatic carboxylic acids is 1. The standard InChI is InChI=1S/C8H17NO3/c1-6(7(10)11)9-12-5-8(2,3)4/h6,9H,5H2,1-4H3,(H,10,11)/t6-/m0/s1. The molecule has 0 saturated carbocycles. The quantitative estimate of drug-likeness (QED) is 0.626. The highest BCUT2D eigenvalue weighted by Crippen LogP contribution is 2.11. The first-order valence-electron chi connectivity index (χ1n) is 3.93. The Balaban J connectivity index is 3.51. The van der Waals surface area contributed by atoms with Gasteiger partial charge in [0.1, 0.15) is 6.04 Å². The van der Waals surface area contributed by atoms with Crippen LogP contribution >= 0.6 is 0 Å². The van der Waals surface area contributed by atoms with Gasteiger partial charge in [0.15, 0.2) is 0 Å². The van der Waals surface area contributed by atoms with E-state index in [2.05, 4.69) is 5.48 Å². The zero-order valence-electron chi connectivity index (χ0n) is 8.05. The van der Waals surface area contributed by atoms with Gasteiger partial charge in [0.2, 0.25) is 0 Å². The van der Waals surface area contributed by atoms with Crippen molar-refractivity contribution in [3.63, 3.8) is 0 Å². The molecule has 0 aliphatic carbocycles. The Morgan fingerprint density at radius 1 is 1.58 bits per heavy atom. The van der Waals surface area contributed by atoms with Crippen LogP contribution in [-0.4, -0.2) is 23.7 Å². The zero-order chi connectivity index (χ0) is 9.78. The molecule has 4 nitrogen and oxygen atoms in total. The van der Waals surface area contributed by atoms with Crippen molar-refractivity contribution >= 4 is 5.97 Å². The van der Waals surface area contributed by atoms with Gasteiger partial charge >= 0.3 is 5.97 Å². The molecule has 2 N–H and O–H groups in total. The van der Waals surface area contributed by atoms with Gasteiger partial charge in [0, 0.05) is 0 Å². The second-order valence-electron chi connectivity index (χ2n) is 4.03. The summed E-state index contributed by atoms with van der Waals surface area (Å²) in [4.78, 5) is 15.3. The van der Waals surface area contributed by atoms with E-state index in [1.54, 1.807) is 0 Å². The van der Waals surface area contributed by atoms with Gasteiger partial charge in [0.05, 0.1) is 6.61 Å². The Kier molecular flexibility index (Phi) is 4.20. The number of carboxylic acids is 1. The van der Waals surface area contributed by atoms with E-state index in [4.69, 9.17) is 9.94 Å². The molecule has 0 unspecified atom stereocenters. The van der Waals surface area contributed by atoms with Crippen LogP contribution in [0.15, 0.2) is 0 Å². The van der Waals surface area contributed by atoms with Crippen molar-refractivity contribution in [2.45, 2.75) is 33.7 Å². The van der Waals surface area contributed by atoms with Crippen LogP contribution in [0.25, 0.3) is 0 Å². The van der Waals surface area contributed by atoms with E-state index in [0.29, 0.717) is 6.61 Å². The van der Waals surface area contributed by atoms with Crippen LogP contribution in [0, 0.1) is 5.41 Å². The lowest BCUT2D eigenvalue weighted by Crippen LogP contribution is -2.35. The fraction of sp³-hybridized carbons (Fsp3) is 0.875. The molecular weight excluding hydrogens is 158 g/mol. The minimum absolute atomic E-state index is 0.0468. The van der Waals surface area contributed by atoms with Gasteiger partial charge in [-0.1, -0.05) is 20.8 Å². The second kappa shape index (κ2) is 4.42. The summed E-state index contributed by atoms with van der Waals surface area (Å²) in [6.45, 7) is 8.07. The van der Waals surface area contributed by atoms with Gasteiger partial charge in [-0.3, -0.25) is 4.79 Å². The van der Waals surface area contributed by atoms with Crippen molar-refractivity contribution in [3.8, 4) is 0 Å². The minimum Gasteiger partial charge on any atom is -0.480 e. The number of rotatable bonds is 4. The fourth-order valence-electron chi connectivity index (χ4n) is 0.434. The number of carboxylic acid groups (broad SMARTS) is 1. The first-order chi connectivity index (χ1) is 5.33. The number of hydrogen-bond donors (Lipinski definition) is 2. The van der Waals surface area contributed by atoms with Crippen molar-refractivity contribution in [2.75, 3.05) is 6.61 Å². The summed E-state index contributed by atoms with van der Waals surface area (Å²) in [7, 11) is 0. The van der Waals surface area contributed by atoms with E-state index < -0.39 is 12.0 Å². The molecule has 0 aliphatic rings. The molecule has 0 aromatic carbocycles. The Bertz CT molecular complexity index is 151. The molecular formula is C8H17NO3. The average Bonchev–Trinajstić information content (AvgIpc) is 1.84. The van der Waals surface area contributed by atoms with E-state index in [9.17, 15) is 4.79 Å². The summed E-state index contributed by atoms with van der Waals surface area (Å²) in [5.74, 6) is -0.913. The smallest absolute Gasteiger partial charge is 0.322 e. The third-order valence-corrected chi connectivity index (χ3v) is 1.14. The lowest BCUT2D eigenvalue weighted by molar-refractivity contribution is -0.144. The van der Waals surface area contributed by atoms with E-state index in [0.717, 1.165) is 0 Å². The molecule has 0 heterocycles. The van der Waals surface area contributed by atoms with Gasteiger partial charge in [-0.05, 0) is 12.3 Å². The molecule has 0 rings (SSSR count). The maximum atomic E-state index is 10.3. The number of hydroxylamine groups is 1. The first kappa shape index (κ1) is 11.4. The largest absolute Gasteiger partial charge is 0.480 e. The Labute approximate surface area is 72.9 Å².